The molecule has 2 unspecified atom stereocenters. The molecule has 2 atom stereocenters. The van der Waals surface area contributed by atoms with E-state index in [9.17, 15) is 5.11 Å². The first-order valence-electron chi connectivity index (χ1n) is 6.61. The van der Waals surface area contributed by atoms with E-state index >= 15 is 0 Å². The number of aromatic nitrogens is 1. The molecule has 0 aliphatic rings. The first-order valence-corrected chi connectivity index (χ1v) is 6.99. The summed E-state index contributed by atoms with van der Waals surface area (Å²) in [6.45, 7) is 6.83. The maximum Gasteiger partial charge on any atom is 0.133 e. The van der Waals surface area contributed by atoms with E-state index in [0.29, 0.717) is 17.6 Å². The van der Waals surface area contributed by atoms with Crippen LogP contribution in [-0.2, 0) is 0 Å². The fourth-order valence-electron chi connectivity index (χ4n) is 2.13. The van der Waals surface area contributed by atoms with Crippen molar-refractivity contribution in [1.29, 1.82) is 0 Å². The van der Waals surface area contributed by atoms with E-state index in [-0.39, 0.29) is 12.1 Å². The van der Waals surface area contributed by atoms with Crippen molar-refractivity contribution < 1.29 is 5.11 Å². The zero-order chi connectivity index (χ0) is 13.5. The van der Waals surface area contributed by atoms with Gasteiger partial charge in [-0.05, 0) is 18.9 Å². The molecule has 1 rings (SSSR count). The molecule has 0 saturated carbocycles. The Kier molecular flexibility index (Phi) is 6.61. The number of halogens is 1. The van der Waals surface area contributed by atoms with Gasteiger partial charge in [-0.1, -0.05) is 44.4 Å². The van der Waals surface area contributed by atoms with Crippen LogP contribution in [0, 0.1) is 5.92 Å². The van der Waals surface area contributed by atoms with Crippen molar-refractivity contribution in [3.63, 3.8) is 0 Å². The highest BCUT2D eigenvalue weighted by Gasteiger charge is 2.17. The Bertz CT molecular complexity index is 355. The van der Waals surface area contributed by atoms with Crippen LogP contribution < -0.4 is 5.32 Å². The molecule has 18 heavy (non-hydrogen) atoms. The Labute approximate surface area is 115 Å². The van der Waals surface area contributed by atoms with Gasteiger partial charge in [0.05, 0.1) is 6.10 Å². The van der Waals surface area contributed by atoms with Crippen LogP contribution >= 0.6 is 11.6 Å². The van der Waals surface area contributed by atoms with E-state index in [0.717, 1.165) is 18.4 Å². The van der Waals surface area contributed by atoms with Crippen LogP contribution in [0.4, 0.5) is 0 Å². The summed E-state index contributed by atoms with van der Waals surface area (Å²) in [5, 5.41) is 13.9. The summed E-state index contributed by atoms with van der Waals surface area (Å²) in [7, 11) is 0. The second kappa shape index (κ2) is 7.72. The minimum atomic E-state index is -0.308. The SMILES string of the molecule is CCC(CC)C(O)CNC(C)c1cccnc1Cl. The number of hydrogen-bond acceptors (Lipinski definition) is 3. The van der Waals surface area contributed by atoms with Crippen LogP contribution in [0.1, 0.15) is 45.2 Å². The molecule has 3 nitrogen and oxygen atoms in total. The number of nitrogens with one attached hydrogen (secondary N) is 1. The molecule has 0 aliphatic carbocycles. The van der Waals surface area contributed by atoms with Gasteiger partial charge in [-0.2, -0.15) is 0 Å². The van der Waals surface area contributed by atoms with E-state index in [1.807, 2.05) is 19.1 Å². The van der Waals surface area contributed by atoms with Crippen LogP contribution in [0.3, 0.4) is 0 Å². The molecule has 0 aromatic carbocycles. The highest BCUT2D eigenvalue weighted by Crippen LogP contribution is 2.20. The average Bonchev–Trinajstić information content (AvgIpc) is 2.38. The molecule has 0 fully saturated rings. The van der Waals surface area contributed by atoms with Gasteiger partial charge < -0.3 is 10.4 Å². The maximum atomic E-state index is 10.1. The third kappa shape index (κ3) is 4.23. The van der Waals surface area contributed by atoms with Crippen molar-refractivity contribution in [1.82, 2.24) is 10.3 Å². The van der Waals surface area contributed by atoms with Crippen molar-refractivity contribution in [2.45, 2.75) is 45.8 Å². The number of aliphatic hydroxyl groups is 1. The fourth-order valence-corrected chi connectivity index (χ4v) is 2.41. The number of hydrogen-bond donors (Lipinski definition) is 2. The van der Waals surface area contributed by atoms with Crippen LogP contribution in [0.2, 0.25) is 5.15 Å². The van der Waals surface area contributed by atoms with E-state index in [2.05, 4.69) is 24.1 Å². The van der Waals surface area contributed by atoms with Gasteiger partial charge in [-0.25, -0.2) is 4.98 Å². The minimum Gasteiger partial charge on any atom is -0.392 e. The van der Waals surface area contributed by atoms with Gasteiger partial charge in [0.15, 0.2) is 0 Å². The van der Waals surface area contributed by atoms with Crippen LogP contribution in [0.15, 0.2) is 18.3 Å². The summed E-state index contributed by atoms with van der Waals surface area (Å²) in [5.41, 5.74) is 0.968. The Morgan fingerprint density at radius 2 is 2.06 bits per heavy atom. The largest absolute Gasteiger partial charge is 0.392 e. The van der Waals surface area contributed by atoms with Gasteiger partial charge in [0.2, 0.25) is 0 Å². The number of aliphatic hydroxyl groups excluding tert-OH is 1. The molecule has 0 radical (unpaired) electrons. The fraction of sp³-hybridized carbons (Fsp3) is 0.643. The van der Waals surface area contributed by atoms with Crippen LogP contribution in [0.5, 0.6) is 0 Å². The molecule has 1 aromatic rings. The van der Waals surface area contributed by atoms with Gasteiger partial charge >= 0.3 is 0 Å². The van der Waals surface area contributed by atoms with Crippen molar-refractivity contribution in [3.05, 3.63) is 29.0 Å². The molecule has 0 saturated heterocycles. The lowest BCUT2D eigenvalue weighted by atomic mass is 9.96. The predicted molar refractivity (Wildman–Crippen MR) is 75.7 cm³/mol. The van der Waals surface area contributed by atoms with Crippen LogP contribution in [-0.4, -0.2) is 22.7 Å². The molecule has 4 heteroatoms. The van der Waals surface area contributed by atoms with Crippen molar-refractivity contribution >= 4 is 11.6 Å². The monoisotopic (exact) mass is 270 g/mol. The van der Waals surface area contributed by atoms with Gasteiger partial charge in [-0.15, -0.1) is 0 Å². The van der Waals surface area contributed by atoms with E-state index in [1.165, 1.54) is 0 Å². The quantitative estimate of drug-likeness (QED) is 0.748. The third-order valence-corrected chi connectivity index (χ3v) is 3.80. The normalized spacial score (nSPS) is 14.8. The Morgan fingerprint density at radius 1 is 1.39 bits per heavy atom. The lowest BCUT2D eigenvalue weighted by Gasteiger charge is -2.23. The molecular weight excluding hydrogens is 248 g/mol. The molecule has 102 valence electrons. The minimum absolute atomic E-state index is 0.0928. The first kappa shape index (κ1) is 15.4. The zero-order valence-electron chi connectivity index (χ0n) is 11.4. The van der Waals surface area contributed by atoms with Gasteiger partial charge in [0.25, 0.3) is 0 Å². The molecule has 0 spiro atoms. The van der Waals surface area contributed by atoms with Crippen molar-refractivity contribution in [3.8, 4) is 0 Å². The highest BCUT2D eigenvalue weighted by molar-refractivity contribution is 6.30. The van der Waals surface area contributed by atoms with Crippen LogP contribution in [0.25, 0.3) is 0 Å². The second-order valence-electron chi connectivity index (χ2n) is 4.66. The van der Waals surface area contributed by atoms with Crippen molar-refractivity contribution in [2.75, 3.05) is 6.54 Å². The second-order valence-corrected chi connectivity index (χ2v) is 5.02. The molecule has 0 aliphatic heterocycles. The van der Waals surface area contributed by atoms with E-state index in [4.69, 9.17) is 11.6 Å². The summed E-state index contributed by atoms with van der Waals surface area (Å²) in [6, 6.07) is 3.92. The number of rotatable bonds is 7. The average molecular weight is 271 g/mol. The van der Waals surface area contributed by atoms with E-state index in [1.54, 1.807) is 6.20 Å². The Morgan fingerprint density at radius 3 is 2.61 bits per heavy atom. The lowest BCUT2D eigenvalue weighted by molar-refractivity contribution is 0.0989. The summed E-state index contributed by atoms with van der Waals surface area (Å²) in [6.07, 6.45) is 3.37. The summed E-state index contributed by atoms with van der Waals surface area (Å²) < 4.78 is 0. The highest BCUT2D eigenvalue weighted by atomic mass is 35.5. The van der Waals surface area contributed by atoms with Gasteiger partial charge in [0, 0.05) is 24.3 Å². The van der Waals surface area contributed by atoms with Gasteiger partial charge in [0.1, 0.15) is 5.15 Å². The zero-order valence-corrected chi connectivity index (χ0v) is 12.1. The lowest BCUT2D eigenvalue weighted by Crippen LogP contribution is -2.34. The smallest absolute Gasteiger partial charge is 0.133 e. The summed E-state index contributed by atoms with van der Waals surface area (Å²) in [5.74, 6) is 0.356. The predicted octanol–water partition coefficient (Wildman–Crippen LogP) is 3.18. The Hall–Kier alpha value is -0.640. The number of nitrogens with zero attached hydrogens (tertiary/aromatic N) is 1. The molecular formula is C14H23ClN2O. The maximum absolute atomic E-state index is 10.1. The van der Waals surface area contributed by atoms with Gasteiger partial charge in [-0.3, -0.25) is 0 Å². The molecule has 0 bridgehead atoms. The summed E-state index contributed by atoms with van der Waals surface area (Å²) in [4.78, 5) is 4.06. The van der Waals surface area contributed by atoms with Crippen molar-refractivity contribution in [2.24, 2.45) is 5.92 Å². The first-order chi connectivity index (χ1) is 8.60. The Balaban J connectivity index is 2.51. The molecule has 0 amide bonds. The van der Waals surface area contributed by atoms with E-state index < -0.39 is 0 Å². The summed E-state index contributed by atoms with van der Waals surface area (Å²) >= 11 is 6.04. The molecule has 2 N–H and O–H groups in total. The third-order valence-electron chi connectivity index (χ3n) is 3.48. The topological polar surface area (TPSA) is 45.1 Å². The number of pyridine rings is 1. The standard InChI is InChI=1S/C14H23ClN2O/c1-4-11(5-2)13(18)9-17-10(3)12-7-6-8-16-14(12)15/h6-8,10-11,13,17-18H,4-5,9H2,1-3H3. The molecule has 1 aromatic heterocycles. The molecule has 1 heterocycles.